The lowest BCUT2D eigenvalue weighted by Crippen LogP contribution is -2.10. The van der Waals surface area contributed by atoms with Crippen molar-refractivity contribution in [2.75, 3.05) is 7.11 Å². The largest absolute Gasteiger partial charge is 0.481 e. The highest BCUT2D eigenvalue weighted by atomic mass is 16.5. The van der Waals surface area contributed by atoms with Crippen molar-refractivity contribution in [2.45, 2.75) is 26.0 Å². The standard InChI is InChI=1S/C9H13N3O5/c1-17-5-6-8(9(15)16)10-11-12(6)4-2-3-7(13)14/h2-5H2,1H3,(H,13,14)(H,15,16). The van der Waals surface area contributed by atoms with Gasteiger partial charge in [0.2, 0.25) is 0 Å². The minimum absolute atomic E-state index is 0.00527. The molecule has 0 aliphatic carbocycles. The Morgan fingerprint density at radius 2 is 2.12 bits per heavy atom. The van der Waals surface area contributed by atoms with Crippen LogP contribution < -0.4 is 0 Å². The van der Waals surface area contributed by atoms with Crippen molar-refractivity contribution in [1.29, 1.82) is 0 Å². The second-order valence-electron chi connectivity index (χ2n) is 3.34. The average molecular weight is 243 g/mol. The Kier molecular flexibility index (Phi) is 4.58. The first kappa shape index (κ1) is 13.1. The number of carboxylic acid groups (broad SMARTS) is 2. The molecule has 0 unspecified atom stereocenters. The lowest BCUT2D eigenvalue weighted by molar-refractivity contribution is -0.137. The van der Waals surface area contributed by atoms with Crippen LogP contribution in [-0.2, 0) is 22.7 Å². The molecule has 0 fully saturated rings. The Morgan fingerprint density at radius 3 is 2.65 bits per heavy atom. The molecule has 0 amide bonds. The number of carboxylic acids is 2. The van der Waals surface area contributed by atoms with Gasteiger partial charge in [0, 0.05) is 20.1 Å². The number of methoxy groups -OCH3 is 1. The van der Waals surface area contributed by atoms with Gasteiger partial charge < -0.3 is 14.9 Å². The van der Waals surface area contributed by atoms with Crippen molar-refractivity contribution in [3.63, 3.8) is 0 Å². The van der Waals surface area contributed by atoms with Gasteiger partial charge in [0.1, 0.15) is 0 Å². The Bertz CT molecular complexity index is 415. The van der Waals surface area contributed by atoms with Gasteiger partial charge in [0.25, 0.3) is 0 Å². The maximum atomic E-state index is 10.8. The Hall–Kier alpha value is -1.96. The summed E-state index contributed by atoms with van der Waals surface area (Å²) in [4.78, 5) is 21.2. The molecule has 1 aromatic heterocycles. The molecule has 0 aliphatic rings. The maximum absolute atomic E-state index is 10.8. The normalized spacial score (nSPS) is 10.4. The summed E-state index contributed by atoms with van der Waals surface area (Å²) in [6.07, 6.45) is 0.350. The molecule has 0 bridgehead atoms. The predicted molar refractivity (Wildman–Crippen MR) is 54.6 cm³/mol. The van der Waals surface area contributed by atoms with Crippen LogP contribution >= 0.6 is 0 Å². The molecule has 17 heavy (non-hydrogen) atoms. The highest BCUT2D eigenvalue weighted by Crippen LogP contribution is 2.08. The van der Waals surface area contributed by atoms with E-state index >= 15 is 0 Å². The lowest BCUT2D eigenvalue weighted by atomic mass is 10.3. The van der Waals surface area contributed by atoms with Crippen molar-refractivity contribution >= 4 is 11.9 Å². The minimum atomic E-state index is -1.18. The van der Waals surface area contributed by atoms with Crippen LogP contribution in [-0.4, -0.2) is 44.3 Å². The summed E-state index contributed by atoms with van der Waals surface area (Å²) in [5, 5.41) is 24.5. The predicted octanol–water partition coefficient (Wildman–Crippen LogP) is -0.0125. The van der Waals surface area contributed by atoms with Crippen LogP contribution in [0.3, 0.4) is 0 Å². The molecule has 1 heterocycles. The smallest absolute Gasteiger partial charge is 0.358 e. The lowest BCUT2D eigenvalue weighted by Gasteiger charge is -2.04. The molecule has 0 atom stereocenters. The van der Waals surface area contributed by atoms with Gasteiger partial charge in [-0.05, 0) is 6.42 Å². The van der Waals surface area contributed by atoms with E-state index in [0.29, 0.717) is 18.7 Å². The van der Waals surface area contributed by atoms with E-state index in [0.717, 1.165) is 0 Å². The summed E-state index contributed by atoms with van der Waals surface area (Å²) in [7, 11) is 1.43. The highest BCUT2D eigenvalue weighted by molar-refractivity contribution is 5.86. The van der Waals surface area contributed by atoms with Crippen molar-refractivity contribution in [2.24, 2.45) is 0 Å². The minimum Gasteiger partial charge on any atom is -0.481 e. The maximum Gasteiger partial charge on any atom is 0.358 e. The summed E-state index contributed by atoms with van der Waals surface area (Å²) < 4.78 is 6.22. The van der Waals surface area contributed by atoms with Crippen LogP contribution in [0, 0.1) is 0 Å². The Labute approximate surface area is 96.8 Å². The molecule has 0 aromatic carbocycles. The number of aromatic nitrogens is 3. The van der Waals surface area contributed by atoms with Crippen molar-refractivity contribution in [3.8, 4) is 0 Å². The number of aromatic carboxylic acids is 1. The van der Waals surface area contributed by atoms with Gasteiger partial charge in [-0.15, -0.1) is 5.10 Å². The van der Waals surface area contributed by atoms with Gasteiger partial charge in [0.15, 0.2) is 5.69 Å². The number of hydrogen-bond donors (Lipinski definition) is 2. The molecule has 0 spiro atoms. The molecule has 2 N–H and O–H groups in total. The first-order valence-corrected chi connectivity index (χ1v) is 4.92. The molecule has 1 aromatic rings. The summed E-state index contributed by atoms with van der Waals surface area (Å²) in [5.74, 6) is -2.08. The van der Waals surface area contributed by atoms with Crippen LogP contribution in [0.4, 0.5) is 0 Å². The summed E-state index contributed by atoms with van der Waals surface area (Å²) in [6.45, 7) is 0.368. The molecule has 0 aliphatic heterocycles. The molecule has 0 saturated heterocycles. The Balaban J connectivity index is 2.77. The number of carbonyl (C=O) groups is 2. The third kappa shape index (κ3) is 3.52. The first-order chi connectivity index (χ1) is 8.06. The van der Waals surface area contributed by atoms with E-state index < -0.39 is 11.9 Å². The van der Waals surface area contributed by atoms with Gasteiger partial charge >= 0.3 is 11.9 Å². The summed E-state index contributed by atoms with van der Waals surface area (Å²) in [5.41, 5.74) is 0.174. The summed E-state index contributed by atoms with van der Waals surface area (Å²) >= 11 is 0. The zero-order valence-electron chi connectivity index (χ0n) is 9.29. The second-order valence-corrected chi connectivity index (χ2v) is 3.34. The fourth-order valence-electron chi connectivity index (χ4n) is 1.34. The van der Waals surface area contributed by atoms with E-state index in [1.165, 1.54) is 11.8 Å². The van der Waals surface area contributed by atoms with Crippen LogP contribution in [0.5, 0.6) is 0 Å². The Morgan fingerprint density at radius 1 is 1.41 bits per heavy atom. The van der Waals surface area contributed by atoms with E-state index in [9.17, 15) is 9.59 Å². The number of ether oxygens (including phenoxy) is 1. The van der Waals surface area contributed by atoms with E-state index in [-0.39, 0.29) is 18.7 Å². The second kappa shape index (κ2) is 5.94. The van der Waals surface area contributed by atoms with E-state index in [2.05, 4.69) is 10.3 Å². The monoisotopic (exact) mass is 243 g/mol. The molecule has 94 valence electrons. The van der Waals surface area contributed by atoms with E-state index in [1.807, 2.05) is 0 Å². The van der Waals surface area contributed by atoms with Gasteiger partial charge in [-0.1, -0.05) is 5.21 Å². The van der Waals surface area contributed by atoms with E-state index in [4.69, 9.17) is 14.9 Å². The van der Waals surface area contributed by atoms with Crippen molar-refractivity contribution < 1.29 is 24.5 Å². The quantitative estimate of drug-likeness (QED) is 0.691. The van der Waals surface area contributed by atoms with Crippen LogP contribution in [0.25, 0.3) is 0 Å². The van der Waals surface area contributed by atoms with Gasteiger partial charge in [-0.3, -0.25) is 4.79 Å². The number of rotatable bonds is 7. The third-order valence-corrected chi connectivity index (χ3v) is 2.08. The zero-order chi connectivity index (χ0) is 12.8. The number of aryl methyl sites for hydroxylation is 1. The number of nitrogens with zero attached hydrogens (tertiary/aromatic N) is 3. The topological polar surface area (TPSA) is 115 Å². The molecular weight excluding hydrogens is 230 g/mol. The molecule has 8 nitrogen and oxygen atoms in total. The van der Waals surface area contributed by atoms with Gasteiger partial charge in [-0.25, -0.2) is 9.48 Å². The van der Waals surface area contributed by atoms with Gasteiger partial charge in [-0.2, -0.15) is 0 Å². The van der Waals surface area contributed by atoms with Gasteiger partial charge in [0.05, 0.1) is 12.3 Å². The number of aliphatic carboxylic acids is 1. The van der Waals surface area contributed by atoms with E-state index in [1.54, 1.807) is 0 Å². The van der Waals surface area contributed by atoms with Crippen molar-refractivity contribution in [1.82, 2.24) is 15.0 Å². The fourth-order valence-corrected chi connectivity index (χ4v) is 1.34. The van der Waals surface area contributed by atoms with Crippen LogP contribution in [0.15, 0.2) is 0 Å². The third-order valence-electron chi connectivity index (χ3n) is 2.08. The fraction of sp³-hybridized carbons (Fsp3) is 0.556. The average Bonchev–Trinajstić information content (AvgIpc) is 2.62. The zero-order valence-corrected chi connectivity index (χ0v) is 9.29. The van der Waals surface area contributed by atoms with Crippen LogP contribution in [0.2, 0.25) is 0 Å². The van der Waals surface area contributed by atoms with Crippen molar-refractivity contribution in [3.05, 3.63) is 11.4 Å². The molecule has 0 radical (unpaired) electrons. The molecule has 0 saturated carbocycles. The SMILES string of the molecule is COCc1c(C(=O)O)nnn1CCCC(=O)O. The van der Waals surface area contributed by atoms with Crippen LogP contribution in [0.1, 0.15) is 29.0 Å². The number of hydrogen-bond acceptors (Lipinski definition) is 5. The highest BCUT2D eigenvalue weighted by Gasteiger charge is 2.18. The summed E-state index contributed by atoms with van der Waals surface area (Å²) in [6, 6.07) is 0. The molecular formula is C9H13N3O5. The molecule has 1 rings (SSSR count). The first-order valence-electron chi connectivity index (χ1n) is 4.92. The molecule has 8 heteroatoms.